The molecule has 0 fully saturated rings. The van der Waals surface area contributed by atoms with E-state index in [0.717, 1.165) is 17.7 Å². The molecule has 0 saturated heterocycles. The largest absolute Gasteiger partial charge is 0.379 e. The third-order valence-corrected chi connectivity index (χ3v) is 5.03. The van der Waals surface area contributed by atoms with Gasteiger partial charge in [-0.15, -0.1) is 0 Å². The Balaban J connectivity index is 1.74. The standard InChI is InChI=1S/C19H18N4OS/c1-19(10-11-25-18(21)23-19)15-6-4-14(5-7-15)17(24)22-16-8-2-13(12-20)3-9-16/h2-9H,10-11H2,1H3,(H2,21,23)(H,22,24). The summed E-state index contributed by atoms with van der Waals surface area (Å²) in [5.41, 5.74) is 8.35. The Morgan fingerprint density at radius 3 is 2.52 bits per heavy atom. The number of nitrogens with zero attached hydrogens (tertiary/aromatic N) is 2. The van der Waals surface area contributed by atoms with Gasteiger partial charge in [-0.25, -0.2) is 0 Å². The van der Waals surface area contributed by atoms with Crippen LogP contribution in [0.1, 0.15) is 34.8 Å². The first-order chi connectivity index (χ1) is 12.0. The predicted octanol–water partition coefficient (Wildman–Crippen LogP) is 3.48. The molecule has 126 valence electrons. The molecular formula is C19H18N4OS. The molecule has 3 rings (SSSR count). The fourth-order valence-corrected chi connectivity index (χ4v) is 3.68. The van der Waals surface area contributed by atoms with Crippen molar-refractivity contribution in [3.8, 4) is 6.07 Å². The molecule has 5 nitrogen and oxygen atoms in total. The molecule has 3 N–H and O–H groups in total. The molecule has 2 aromatic rings. The van der Waals surface area contributed by atoms with Gasteiger partial charge in [0.1, 0.15) is 0 Å². The third-order valence-electron chi connectivity index (χ3n) is 4.24. The second-order valence-electron chi connectivity index (χ2n) is 6.04. The van der Waals surface area contributed by atoms with Crippen molar-refractivity contribution in [3.05, 3.63) is 65.2 Å². The van der Waals surface area contributed by atoms with Crippen LogP contribution in [0.25, 0.3) is 0 Å². The van der Waals surface area contributed by atoms with Crippen LogP contribution in [0.5, 0.6) is 0 Å². The van der Waals surface area contributed by atoms with Crippen molar-refractivity contribution in [2.45, 2.75) is 18.9 Å². The zero-order valence-corrected chi connectivity index (χ0v) is 14.6. The second kappa shape index (κ2) is 6.99. The lowest BCUT2D eigenvalue weighted by molar-refractivity contribution is 0.102. The average Bonchev–Trinajstić information content (AvgIpc) is 2.62. The lowest BCUT2D eigenvalue weighted by Gasteiger charge is -2.29. The minimum absolute atomic E-state index is 0.191. The summed E-state index contributed by atoms with van der Waals surface area (Å²) in [5, 5.41) is 12.2. The molecule has 6 heteroatoms. The maximum Gasteiger partial charge on any atom is 0.255 e. The van der Waals surface area contributed by atoms with Crippen molar-refractivity contribution >= 4 is 28.5 Å². The number of nitrogens with one attached hydrogen (secondary N) is 1. The molecule has 2 aromatic carbocycles. The van der Waals surface area contributed by atoms with E-state index in [1.807, 2.05) is 18.2 Å². The molecule has 1 unspecified atom stereocenters. The van der Waals surface area contributed by atoms with Crippen LogP contribution in [-0.4, -0.2) is 16.8 Å². The quantitative estimate of drug-likeness (QED) is 0.886. The first-order valence-electron chi connectivity index (χ1n) is 7.90. The van der Waals surface area contributed by atoms with E-state index in [0.29, 0.717) is 22.0 Å². The minimum atomic E-state index is -0.336. The van der Waals surface area contributed by atoms with E-state index >= 15 is 0 Å². The van der Waals surface area contributed by atoms with Crippen molar-refractivity contribution in [2.24, 2.45) is 10.7 Å². The summed E-state index contributed by atoms with van der Waals surface area (Å²) in [6, 6.07) is 16.3. The van der Waals surface area contributed by atoms with E-state index in [9.17, 15) is 4.79 Å². The maximum atomic E-state index is 12.4. The van der Waals surface area contributed by atoms with Gasteiger partial charge in [-0.05, 0) is 55.3 Å². The summed E-state index contributed by atoms with van der Waals surface area (Å²) in [6.07, 6.45) is 0.912. The molecule has 1 atom stereocenters. The van der Waals surface area contributed by atoms with Crippen molar-refractivity contribution in [1.82, 2.24) is 0 Å². The number of hydrogen-bond acceptors (Lipinski definition) is 5. The van der Waals surface area contributed by atoms with E-state index < -0.39 is 0 Å². The van der Waals surface area contributed by atoms with Gasteiger partial charge < -0.3 is 11.1 Å². The molecule has 0 aromatic heterocycles. The highest BCUT2D eigenvalue weighted by atomic mass is 32.2. The lowest BCUT2D eigenvalue weighted by Crippen LogP contribution is -2.28. The van der Waals surface area contributed by atoms with E-state index in [1.165, 1.54) is 0 Å². The number of thioether (sulfide) groups is 1. The Kier molecular flexibility index (Phi) is 4.77. The molecule has 1 heterocycles. The van der Waals surface area contributed by atoms with Gasteiger partial charge in [0.2, 0.25) is 0 Å². The first kappa shape index (κ1) is 17.1. The average molecular weight is 350 g/mol. The molecule has 0 saturated carbocycles. The van der Waals surface area contributed by atoms with E-state index in [2.05, 4.69) is 17.2 Å². The fourth-order valence-electron chi connectivity index (χ4n) is 2.71. The number of rotatable bonds is 3. The second-order valence-corrected chi connectivity index (χ2v) is 7.16. The third kappa shape index (κ3) is 3.83. The summed E-state index contributed by atoms with van der Waals surface area (Å²) in [6.45, 7) is 2.06. The molecule has 1 amide bonds. The molecule has 25 heavy (non-hydrogen) atoms. The van der Waals surface area contributed by atoms with Crippen molar-refractivity contribution in [2.75, 3.05) is 11.1 Å². The van der Waals surface area contributed by atoms with Gasteiger partial charge in [-0.1, -0.05) is 23.9 Å². The first-order valence-corrected chi connectivity index (χ1v) is 8.89. The Labute approximate surface area is 150 Å². The normalized spacial score (nSPS) is 19.6. The van der Waals surface area contributed by atoms with Gasteiger partial charge in [-0.2, -0.15) is 5.26 Å². The Bertz CT molecular complexity index is 852. The number of amides is 1. The van der Waals surface area contributed by atoms with E-state index in [4.69, 9.17) is 11.0 Å². The van der Waals surface area contributed by atoms with Crippen molar-refractivity contribution in [1.29, 1.82) is 5.26 Å². The van der Waals surface area contributed by atoms with Crippen LogP contribution in [0.2, 0.25) is 0 Å². The van der Waals surface area contributed by atoms with Gasteiger partial charge in [0.15, 0.2) is 5.17 Å². The predicted molar refractivity (Wildman–Crippen MR) is 102 cm³/mol. The Morgan fingerprint density at radius 1 is 1.24 bits per heavy atom. The number of nitriles is 1. The number of benzene rings is 2. The Hall–Kier alpha value is -2.78. The maximum absolute atomic E-state index is 12.4. The molecule has 0 spiro atoms. The molecule has 1 aliphatic rings. The van der Waals surface area contributed by atoms with Crippen LogP contribution in [0.4, 0.5) is 5.69 Å². The zero-order valence-electron chi connectivity index (χ0n) is 13.8. The van der Waals surface area contributed by atoms with Crippen LogP contribution < -0.4 is 11.1 Å². The minimum Gasteiger partial charge on any atom is -0.379 e. The number of anilines is 1. The summed E-state index contributed by atoms with van der Waals surface area (Å²) in [4.78, 5) is 16.9. The highest BCUT2D eigenvalue weighted by Crippen LogP contribution is 2.34. The highest BCUT2D eigenvalue weighted by molar-refractivity contribution is 8.13. The van der Waals surface area contributed by atoms with Gasteiger partial charge in [-0.3, -0.25) is 9.79 Å². The molecule has 1 aliphatic heterocycles. The van der Waals surface area contributed by atoms with Crippen LogP contribution in [-0.2, 0) is 5.54 Å². The van der Waals surface area contributed by atoms with Gasteiger partial charge >= 0.3 is 0 Å². The molecule has 0 radical (unpaired) electrons. The topological polar surface area (TPSA) is 91.3 Å². The van der Waals surface area contributed by atoms with E-state index in [1.54, 1.807) is 48.2 Å². The van der Waals surface area contributed by atoms with E-state index in [-0.39, 0.29) is 11.4 Å². The Morgan fingerprint density at radius 2 is 1.92 bits per heavy atom. The number of amidine groups is 1. The smallest absolute Gasteiger partial charge is 0.255 e. The van der Waals surface area contributed by atoms with Gasteiger partial charge in [0.05, 0.1) is 17.2 Å². The highest BCUT2D eigenvalue weighted by Gasteiger charge is 2.29. The lowest BCUT2D eigenvalue weighted by atomic mass is 9.89. The van der Waals surface area contributed by atoms with Crippen LogP contribution >= 0.6 is 11.8 Å². The summed E-state index contributed by atoms with van der Waals surface area (Å²) >= 11 is 1.57. The molecule has 0 aliphatic carbocycles. The van der Waals surface area contributed by atoms with Crippen molar-refractivity contribution < 1.29 is 4.79 Å². The fraction of sp³-hybridized carbons (Fsp3) is 0.211. The number of nitrogens with two attached hydrogens (primary N) is 1. The summed E-state index contributed by atoms with van der Waals surface area (Å²) in [5.74, 6) is 0.746. The van der Waals surface area contributed by atoms with Gasteiger partial charge in [0.25, 0.3) is 5.91 Å². The number of carbonyl (C=O) groups excluding carboxylic acids is 1. The molecule has 0 bridgehead atoms. The number of carbonyl (C=O) groups is 1. The zero-order chi connectivity index (χ0) is 17.9. The van der Waals surface area contributed by atoms with Crippen LogP contribution in [0, 0.1) is 11.3 Å². The summed E-state index contributed by atoms with van der Waals surface area (Å²) in [7, 11) is 0. The van der Waals surface area contributed by atoms with Crippen LogP contribution in [0.15, 0.2) is 53.5 Å². The van der Waals surface area contributed by atoms with Crippen molar-refractivity contribution in [3.63, 3.8) is 0 Å². The van der Waals surface area contributed by atoms with Crippen LogP contribution in [0.3, 0.4) is 0 Å². The monoisotopic (exact) mass is 350 g/mol. The molecular weight excluding hydrogens is 332 g/mol. The van der Waals surface area contributed by atoms with Gasteiger partial charge in [0, 0.05) is 17.0 Å². The number of hydrogen-bond donors (Lipinski definition) is 2. The SMILES string of the molecule is CC1(c2ccc(C(=O)Nc3ccc(C#N)cc3)cc2)CCSC(N)=N1. The summed E-state index contributed by atoms with van der Waals surface area (Å²) < 4.78 is 0. The number of aliphatic imine (C=N–C) groups is 1.